The molecule has 0 bridgehead atoms. The smallest absolute Gasteiger partial charge is 0.287 e. The van der Waals surface area contributed by atoms with Gasteiger partial charge in [0.05, 0.1) is 0 Å². The second-order valence-electron chi connectivity index (χ2n) is 3.67. The quantitative estimate of drug-likeness (QED) is 0.841. The number of hydrogen-bond donors (Lipinski definition) is 1. The van der Waals surface area contributed by atoms with E-state index in [0.29, 0.717) is 12.3 Å². The first kappa shape index (κ1) is 12.1. The van der Waals surface area contributed by atoms with Gasteiger partial charge in [0, 0.05) is 12.1 Å². The van der Waals surface area contributed by atoms with Crippen molar-refractivity contribution < 1.29 is 13.6 Å². The molecule has 2 rings (SSSR count). The Labute approximate surface area is 104 Å². The van der Waals surface area contributed by atoms with Gasteiger partial charge in [0.15, 0.2) is 5.76 Å². The molecule has 92 valence electrons. The third kappa shape index (κ3) is 2.66. The van der Waals surface area contributed by atoms with Crippen molar-refractivity contribution >= 4 is 5.91 Å². The summed E-state index contributed by atoms with van der Waals surface area (Å²) in [5.74, 6) is 0.132. The third-order valence-electron chi connectivity index (χ3n) is 2.37. The molecule has 0 aliphatic heterocycles. The van der Waals surface area contributed by atoms with Crippen molar-refractivity contribution in [2.75, 3.05) is 6.54 Å². The van der Waals surface area contributed by atoms with E-state index in [1.165, 1.54) is 12.1 Å². The molecule has 0 spiro atoms. The first-order chi connectivity index (χ1) is 8.70. The van der Waals surface area contributed by atoms with Gasteiger partial charge in [-0.3, -0.25) is 4.79 Å². The molecular weight excluding hydrogens is 233 g/mol. The van der Waals surface area contributed by atoms with Crippen LogP contribution in [0.5, 0.6) is 0 Å². The Morgan fingerprint density at radius 3 is 2.67 bits per heavy atom. The van der Waals surface area contributed by atoms with Crippen LogP contribution in [-0.2, 0) is 0 Å². The Bertz CT molecular complexity index is 557. The molecule has 0 fully saturated rings. The maximum atomic E-state index is 12.8. The average Bonchev–Trinajstić information content (AvgIpc) is 2.86. The second-order valence-corrected chi connectivity index (χ2v) is 3.67. The zero-order chi connectivity index (χ0) is 13.0. The van der Waals surface area contributed by atoms with Crippen LogP contribution in [-0.4, -0.2) is 12.5 Å². The Morgan fingerprint density at radius 2 is 2.00 bits per heavy atom. The minimum Gasteiger partial charge on any atom is -0.451 e. The fourth-order valence-electron chi connectivity index (χ4n) is 1.48. The number of halogens is 1. The van der Waals surface area contributed by atoms with E-state index in [0.717, 1.165) is 5.56 Å². The van der Waals surface area contributed by atoms with Crippen LogP contribution < -0.4 is 5.32 Å². The topological polar surface area (TPSA) is 42.2 Å². The van der Waals surface area contributed by atoms with Gasteiger partial charge >= 0.3 is 0 Å². The molecule has 1 N–H and O–H groups in total. The van der Waals surface area contributed by atoms with E-state index in [2.05, 4.69) is 11.9 Å². The summed E-state index contributed by atoms with van der Waals surface area (Å²) in [5.41, 5.74) is 0.721. The van der Waals surface area contributed by atoms with Crippen molar-refractivity contribution in [1.29, 1.82) is 0 Å². The van der Waals surface area contributed by atoms with Crippen LogP contribution in [0.2, 0.25) is 0 Å². The first-order valence-electron chi connectivity index (χ1n) is 5.45. The number of hydrogen-bond acceptors (Lipinski definition) is 2. The predicted octanol–water partition coefficient (Wildman–Crippen LogP) is 3.00. The Kier molecular flexibility index (Phi) is 3.57. The number of amides is 1. The number of carbonyl (C=O) groups is 1. The van der Waals surface area contributed by atoms with E-state index < -0.39 is 0 Å². The van der Waals surface area contributed by atoms with Gasteiger partial charge < -0.3 is 9.73 Å². The zero-order valence-electron chi connectivity index (χ0n) is 9.65. The van der Waals surface area contributed by atoms with E-state index >= 15 is 0 Å². The molecular formula is C14H12FNO2. The summed E-state index contributed by atoms with van der Waals surface area (Å²) in [6.45, 7) is 3.89. The third-order valence-corrected chi connectivity index (χ3v) is 2.37. The maximum absolute atomic E-state index is 12.8. The molecule has 0 atom stereocenters. The van der Waals surface area contributed by atoms with Crippen molar-refractivity contribution in [1.82, 2.24) is 5.32 Å². The molecule has 4 heteroatoms. The number of benzene rings is 1. The van der Waals surface area contributed by atoms with Gasteiger partial charge in [0.25, 0.3) is 5.91 Å². The molecule has 3 nitrogen and oxygen atoms in total. The fourth-order valence-corrected chi connectivity index (χ4v) is 1.48. The van der Waals surface area contributed by atoms with E-state index in [-0.39, 0.29) is 17.5 Å². The van der Waals surface area contributed by atoms with Gasteiger partial charge in [-0.2, -0.15) is 0 Å². The van der Waals surface area contributed by atoms with E-state index in [1.807, 2.05) is 0 Å². The Balaban J connectivity index is 2.17. The first-order valence-corrected chi connectivity index (χ1v) is 5.45. The number of carbonyl (C=O) groups excluding carboxylic acids is 1. The largest absolute Gasteiger partial charge is 0.451 e. The molecule has 0 unspecified atom stereocenters. The van der Waals surface area contributed by atoms with Gasteiger partial charge in [-0.15, -0.1) is 6.58 Å². The minimum absolute atomic E-state index is 0.219. The number of nitrogens with one attached hydrogen (secondary N) is 1. The molecule has 0 aliphatic carbocycles. The van der Waals surface area contributed by atoms with Crippen molar-refractivity contribution in [3.8, 4) is 11.3 Å². The molecule has 18 heavy (non-hydrogen) atoms. The van der Waals surface area contributed by atoms with Crippen LogP contribution in [0.4, 0.5) is 4.39 Å². The highest BCUT2D eigenvalue weighted by Gasteiger charge is 2.11. The number of rotatable bonds is 4. The van der Waals surface area contributed by atoms with E-state index in [1.54, 1.807) is 30.3 Å². The lowest BCUT2D eigenvalue weighted by atomic mass is 10.2. The Morgan fingerprint density at radius 1 is 1.28 bits per heavy atom. The van der Waals surface area contributed by atoms with Crippen LogP contribution in [0.15, 0.2) is 53.5 Å². The van der Waals surface area contributed by atoms with Gasteiger partial charge in [-0.25, -0.2) is 4.39 Å². The lowest BCUT2D eigenvalue weighted by Gasteiger charge is -1.99. The van der Waals surface area contributed by atoms with E-state index in [4.69, 9.17) is 4.42 Å². The molecule has 1 heterocycles. The van der Waals surface area contributed by atoms with Crippen LogP contribution in [0, 0.1) is 5.82 Å². The monoisotopic (exact) mass is 245 g/mol. The highest BCUT2D eigenvalue weighted by molar-refractivity contribution is 5.92. The lowest BCUT2D eigenvalue weighted by Crippen LogP contribution is -2.22. The molecule has 0 radical (unpaired) electrons. The van der Waals surface area contributed by atoms with Crippen LogP contribution in [0.3, 0.4) is 0 Å². The summed E-state index contributed by atoms with van der Waals surface area (Å²) in [6, 6.07) is 9.14. The minimum atomic E-state index is -0.311. The lowest BCUT2D eigenvalue weighted by molar-refractivity contribution is 0.0931. The highest BCUT2D eigenvalue weighted by atomic mass is 19.1. The summed E-state index contributed by atoms with van der Waals surface area (Å²) in [6.07, 6.45) is 1.59. The molecule has 2 aromatic rings. The molecule has 1 aromatic heterocycles. The van der Waals surface area contributed by atoms with Crippen LogP contribution in [0.25, 0.3) is 11.3 Å². The summed E-state index contributed by atoms with van der Waals surface area (Å²) in [4.78, 5) is 11.6. The molecule has 1 amide bonds. The standard InChI is InChI=1S/C14H12FNO2/c1-2-9-16-14(17)13-8-7-12(18-13)10-3-5-11(15)6-4-10/h2-8H,1,9H2,(H,16,17). The summed E-state index contributed by atoms with van der Waals surface area (Å²) < 4.78 is 18.2. The molecule has 0 saturated heterocycles. The van der Waals surface area contributed by atoms with Gasteiger partial charge in [-0.05, 0) is 36.4 Å². The highest BCUT2D eigenvalue weighted by Crippen LogP contribution is 2.22. The normalized spacial score (nSPS) is 10.1. The predicted molar refractivity (Wildman–Crippen MR) is 66.6 cm³/mol. The van der Waals surface area contributed by atoms with Crippen LogP contribution >= 0.6 is 0 Å². The number of furan rings is 1. The maximum Gasteiger partial charge on any atom is 0.287 e. The van der Waals surface area contributed by atoms with Gasteiger partial charge in [-0.1, -0.05) is 6.08 Å². The van der Waals surface area contributed by atoms with Crippen molar-refractivity contribution in [2.24, 2.45) is 0 Å². The SMILES string of the molecule is C=CCNC(=O)c1ccc(-c2ccc(F)cc2)o1. The van der Waals surface area contributed by atoms with Crippen molar-refractivity contribution in [3.63, 3.8) is 0 Å². The average molecular weight is 245 g/mol. The molecule has 1 aromatic carbocycles. The van der Waals surface area contributed by atoms with Gasteiger partial charge in [0.2, 0.25) is 0 Å². The second kappa shape index (κ2) is 5.31. The Hall–Kier alpha value is -2.36. The fraction of sp³-hybridized carbons (Fsp3) is 0.0714. The zero-order valence-corrected chi connectivity index (χ0v) is 9.65. The molecule has 0 saturated carbocycles. The summed E-state index contributed by atoms with van der Waals surface area (Å²) in [5, 5.41) is 2.61. The van der Waals surface area contributed by atoms with Crippen molar-refractivity contribution in [2.45, 2.75) is 0 Å². The van der Waals surface area contributed by atoms with Gasteiger partial charge in [0.1, 0.15) is 11.6 Å². The summed E-state index contributed by atoms with van der Waals surface area (Å²) >= 11 is 0. The summed E-state index contributed by atoms with van der Waals surface area (Å²) in [7, 11) is 0. The molecule has 0 aliphatic rings. The van der Waals surface area contributed by atoms with Crippen LogP contribution in [0.1, 0.15) is 10.6 Å². The van der Waals surface area contributed by atoms with Crippen molar-refractivity contribution in [3.05, 3.63) is 60.6 Å². The van der Waals surface area contributed by atoms with E-state index in [9.17, 15) is 9.18 Å².